The average molecular weight is 422 g/mol. The molecule has 1 aromatic carbocycles. The van der Waals surface area contributed by atoms with Gasteiger partial charge in [-0.2, -0.15) is 0 Å². The van der Waals surface area contributed by atoms with Crippen molar-refractivity contribution in [2.45, 2.75) is 13.3 Å². The van der Waals surface area contributed by atoms with E-state index in [9.17, 15) is 9.59 Å². The van der Waals surface area contributed by atoms with E-state index in [1.54, 1.807) is 24.3 Å². The molecule has 0 spiro atoms. The molecule has 2 N–H and O–H groups in total. The number of nitrogens with zero attached hydrogens (tertiary/aromatic N) is 3. The van der Waals surface area contributed by atoms with Crippen molar-refractivity contribution in [1.82, 2.24) is 19.6 Å². The topological polar surface area (TPSA) is 88.0 Å². The number of carbonyl (C=O) groups is 2. The summed E-state index contributed by atoms with van der Waals surface area (Å²) in [6.07, 6.45) is 3.97. The number of imidazole rings is 1. The van der Waals surface area contributed by atoms with Gasteiger partial charge in [0.2, 0.25) is 5.91 Å². The molecule has 0 saturated carbocycles. The first-order valence-corrected chi connectivity index (χ1v) is 10.5. The molecular formula is C23H27N5O3. The summed E-state index contributed by atoms with van der Waals surface area (Å²) >= 11 is 0. The van der Waals surface area contributed by atoms with E-state index < -0.39 is 0 Å². The third-order valence-electron chi connectivity index (χ3n) is 5.32. The van der Waals surface area contributed by atoms with Gasteiger partial charge in [-0.15, -0.1) is 0 Å². The molecule has 0 aliphatic carbocycles. The Morgan fingerprint density at radius 1 is 1.13 bits per heavy atom. The Morgan fingerprint density at radius 2 is 1.90 bits per heavy atom. The molecule has 1 aliphatic heterocycles. The molecule has 3 heterocycles. The number of benzene rings is 1. The number of rotatable bonds is 7. The van der Waals surface area contributed by atoms with Gasteiger partial charge >= 0.3 is 0 Å². The highest BCUT2D eigenvalue weighted by molar-refractivity contribution is 5.96. The molecule has 1 saturated heterocycles. The maximum absolute atomic E-state index is 12.4. The van der Waals surface area contributed by atoms with Gasteiger partial charge < -0.3 is 19.8 Å². The standard InChI is InChI=1S/C23H27N5O3/c1-17-3-2-9-28-16-20(26-22(17)28)15-21(29)25-19-6-4-18(5-7-19)23(30)24-8-10-27-11-13-31-14-12-27/h2-7,9,16H,8,10-15H2,1H3,(H,24,30)(H,25,29). The number of aromatic nitrogens is 2. The molecule has 4 rings (SSSR count). The van der Waals surface area contributed by atoms with E-state index in [0.29, 0.717) is 23.5 Å². The van der Waals surface area contributed by atoms with E-state index in [4.69, 9.17) is 4.74 Å². The van der Waals surface area contributed by atoms with Crippen molar-refractivity contribution >= 4 is 23.1 Å². The van der Waals surface area contributed by atoms with E-state index in [1.165, 1.54) is 0 Å². The normalized spacial score (nSPS) is 14.5. The Morgan fingerprint density at radius 3 is 2.65 bits per heavy atom. The van der Waals surface area contributed by atoms with Crippen LogP contribution in [0.2, 0.25) is 0 Å². The number of hydrogen-bond acceptors (Lipinski definition) is 5. The molecule has 31 heavy (non-hydrogen) atoms. The summed E-state index contributed by atoms with van der Waals surface area (Å²) in [4.78, 5) is 31.5. The fraction of sp³-hybridized carbons (Fsp3) is 0.348. The minimum Gasteiger partial charge on any atom is -0.379 e. The minimum absolute atomic E-state index is 0.119. The van der Waals surface area contributed by atoms with Crippen molar-refractivity contribution in [1.29, 1.82) is 0 Å². The summed E-state index contributed by atoms with van der Waals surface area (Å²) in [7, 11) is 0. The van der Waals surface area contributed by atoms with Gasteiger partial charge in [-0.3, -0.25) is 14.5 Å². The third-order valence-corrected chi connectivity index (χ3v) is 5.32. The van der Waals surface area contributed by atoms with Crippen LogP contribution in [0.15, 0.2) is 48.8 Å². The smallest absolute Gasteiger partial charge is 0.251 e. The molecule has 0 bridgehead atoms. The van der Waals surface area contributed by atoms with Crippen LogP contribution < -0.4 is 10.6 Å². The quantitative estimate of drug-likeness (QED) is 0.608. The van der Waals surface area contributed by atoms with Crippen molar-refractivity contribution < 1.29 is 14.3 Å². The van der Waals surface area contributed by atoms with Crippen LogP contribution in [0, 0.1) is 6.92 Å². The molecular weight excluding hydrogens is 394 g/mol. The van der Waals surface area contributed by atoms with Crippen molar-refractivity contribution in [3.63, 3.8) is 0 Å². The third kappa shape index (κ3) is 5.48. The molecule has 2 amide bonds. The summed E-state index contributed by atoms with van der Waals surface area (Å²) in [5.41, 5.74) is 3.84. The van der Waals surface area contributed by atoms with Crippen LogP contribution in [0.25, 0.3) is 5.65 Å². The Balaban J connectivity index is 1.26. The first-order valence-electron chi connectivity index (χ1n) is 10.5. The van der Waals surface area contributed by atoms with Gasteiger partial charge in [-0.25, -0.2) is 4.98 Å². The highest BCUT2D eigenvalue weighted by atomic mass is 16.5. The zero-order chi connectivity index (χ0) is 21.6. The molecule has 1 fully saturated rings. The number of pyridine rings is 1. The number of ether oxygens (including phenoxy) is 1. The van der Waals surface area contributed by atoms with Crippen LogP contribution in [0.3, 0.4) is 0 Å². The molecule has 0 atom stereocenters. The van der Waals surface area contributed by atoms with Crippen molar-refractivity contribution in [3.8, 4) is 0 Å². The molecule has 1 aliphatic rings. The van der Waals surface area contributed by atoms with E-state index in [-0.39, 0.29) is 18.2 Å². The number of hydrogen-bond donors (Lipinski definition) is 2. The van der Waals surface area contributed by atoms with Gasteiger partial charge in [-0.1, -0.05) is 6.07 Å². The predicted molar refractivity (Wildman–Crippen MR) is 118 cm³/mol. The molecule has 8 nitrogen and oxygen atoms in total. The number of fused-ring (bicyclic) bond motifs is 1. The molecule has 3 aromatic rings. The first kappa shape index (κ1) is 21.0. The Labute approximate surface area is 181 Å². The predicted octanol–water partition coefficient (Wildman–Crippen LogP) is 1.89. The van der Waals surface area contributed by atoms with Gasteiger partial charge in [0.05, 0.1) is 25.3 Å². The average Bonchev–Trinajstić information content (AvgIpc) is 3.18. The van der Waals surface area contributed by atoms with Gasteiger partial charge in [0.25, 0.3) is 5.91 Å². The van der Waals surface area contributed by atoms with E-state index in [1.807, 2.05) is 35.9 Å². The minimum atomic E-state index is -0.149. The number of nitrogens with one attached hydrogen (secondary N) is 2. The summed E-state index contributed by atoms with van der Waals surface area (Å²) < 4.78 is 7.24. The van der Waals surface area contributed by atoms with Gasteiger partial charge in [-0.05, 0) is 42.8 Å². The lowest BCUT2D eigenvalue weighted by atomic mass is 10.2. The van der Waals surface area contributed by atoms with E-state index in [0.717, 1.165) is 44.1 Å². The molecule has 8 heteroatoms. The molecule has 0 unspecified atom stereocenters. The molecule has 0 radical (unpaired) electrons. The fourth-order valence-corrected chi connectivity index (χ4v) is 3.62. The van der Waals surface area contributed by atoms with E-state index in [2.05, 4.69) is 20.5 Å². The lowest BCUT2D eigenvalue weighted by Gasteiger charge is -2.26. The van der Waals surface area contributed by atoms with Crippen molar-refractivity contribution in [3.05, 3.63) is 65.6 Å². The largest absolute Gasteiger partial charge is 0.379 e. The first-order chi connectivity index (χ1) is 15.1. The highest BCUT2D eigenvalue weighted by Crippen LogP contribution is 2.13. The number of anilines is 1. The van der Waals surface area contributed by atoms with Gasteiger partial charge in [0.1, 0.15) is 5.65 Å². The molecule has 162 valence electrons. The van der Waals surface area contributed by atoms with Crippen LogP contribution in [-0.2, 0) is 16.0 Å². The Hall–Kier alpha value is -3.23. The second kappa shape index (κ2) is 9.72. The van der Waals surface area contributed by atoms with Crippen molar-refractivity contribution in [2.24, 2.45) is 0 Å². The summed E-state index contributed by atoms with van der Waals surface area (Å²) in [5, 5.41) is 5.80. The summed E-state index contributed by atoms with van der Waals surface area (Å²) in [6.45, 7) is 6.70. The van der Waals surface area contributed by atoms with Gasteiger partial charge in [0.15, 0.2) is 0 Å². The molecule has 2 aromatic heterocycles. The SMILES string of the molecule is Cc1cccn2cc(CC(=O)Nc3ccc(C(=O)NCCN4CCOCC4)cc3)nc12. The second-order valence-corrected chi connectivity index (χ2v) is 7.67. The zero-order valence-electron chi connectivity index (χ0n) is 17.6. The van der Waals surface area contributed by atoms with Crippen LogP contribution in [0.5, 0.6) is 0 Å². The van der Waals surface area contributed by atoms with Crippen LogP contribution >= 0.6 is 0 Å². The second-order valence-electron chi connectivity index (χ2n) is 7.67. The Kier molecular flexibility index (Phi) is 6.59. The van der Waals surface area contributed by atoms with Crippen LogP contribution in [-0.4, -0.2) is 65.5 Å². The zero-order valence-corrected chi connectivity index (χ0v) is 17.6. The van der Waals surface area contributed by atoms with Crippen molar-refractivity contribution in [2.75, 3.05) is 44.7 Å². The summed E-state index contributed by atoms with van der Waals surface area (Å²) in [6, 6.07) is 10.9. The summed E-state index contributed by atoms with van der Waals surface area (Å²) in [5.74, 6) is -0.269. The monoisotopic (exact) mass is 421 g/mol. The maximum Gasteiger partial charge on any atom is 0.251 e. The lowest BCUT2D eigenvalue weighted by molar-refractivity contribution is -0.115. The number of amides is 2. The number of carbonyl (C=O) groups excluding carboxylic acids is 2. The number of aryl methyl sites for hydroxylation is 1. The van der Waals surface area contributed by atoms with Crippen LogP contribution in [0.4, 0.5) is 5.69 Å². The van der Waals surface area contributed by atoms with Crippen LogP contribution in [0.1, 0.15) is 21.6 Å². The maximum atomic E-state index is 12.4. The Bertz CT molecular complexity index is 1050. The van der Waals surface area contributed by atoms with E-state index >= 15 is 0 Å². The number of morpholine rings is 1. The van der Waals surface area contributed by atoms with Gasteiger partial charge in [0, 0.05) is 49.8 Å². The highest BCUT2D eigenvalue weighted by Gasteiger charge is 2.12. The lowest BCUT2D eigenvalue weighted by Crippen LogP contribution is -2.41. The fourth-order valence-electron chi connectivity index (χ4n) is 3.62.